The molecular weight excluding hydrogens is 286 g/mol. The van der Waals surface area contributed by atoms with Crippen LogP contribution in [-0.4, -0.2) is 15.2 Å². The largest absolute Gasteiger partial charge is 0.365 e. The van der Waals surface area contributed by atoms with Gasteiger partial charge in [0.2, 0.25) is 5.95 Å². The molecule has 0 aliphatic rings. The molecular formula is C18H19N5. The Bertz CT molecular complexity index is 758. The molecule has 0 aliphatic carbocycles. The molecule has 0 unspecified atom stereocenters. The first-order valence-electron chi connectivity index (χ1n) is 7.56. The van der Waals surface area contributed by atoms with Crippen LogP contribution in [0, 0.1) is 6.92 Å². The van der Waals surface area contributed by atoms with Gasteiger partial charge in [0.25, 0.3) is 0 Å². The molecule has 116 valence electrons. The Kier molecular flexibility index (Phi) is 4.79. The zero-order chi connectivity index (χ0) is 15.9. The number of benzene rings is 2. The quantitative estimate of drug-likeness (QED) is 0.731. The molecule has 0 bridgehead atoms. The number of hydrogen-bond acceptors (Lipinski definition) is 5. The monoisotopic (exact) mass is 305 g/mol. The van der Waals surface area contributed by atoms with Crippen molar-refractivity contribution in [2.24, 2.45) is 0 Å². The number of nitrogens with one attached hydrogen (secondary N) is 2. The van der Waals surface area contributed by atoms with Crippen LogP contribution in [0.15, 0.2) is 60.8 Å². The van der Waals surface area contributed by atoms with E-state index in [2.05, 4.69) is 63.1 Å². The fourth-order valence-corrected chi connectivity index (χ4v) is 2.26. The van der Waals surface area contributed by atoms with Gasteiger partial charge in [0, 0.05) is 13.1 Å². The summed E-state index contributed by atoms with van der Waals surface area (Å²) in [6.07, 6.45) is 1.63. The third-order valence-electron chi connectivity index (χ3n) is 3.41. The summed E-state index contributed by atoms with van der Waals surface area (Å²) in [6.45, 7) is 3.46. The van der Waals surface area contributed by atoms with Crippen LogP contribution in [-0.2, 0) is 13.1 Å². The van der Waals surface area contributed by atoms with Gasteiger partial charge in [-0.15, -0.1) is 5.10 Å². The molecule has 0 saturated heterocycles. The Labute approximate surface area is 135 Å². The lowest BCUT2D eigenvalue weighted by Crippen LogP contribution is -2.08. The van der Waals surface area contributed by atoms with Crippen molar-refractivity contribution >= 4 is 11.8 Å². The normalized spacial score (nSPS) is 10.3. The lowest BCUT2D eigenvalue weighted by atomic mass is 10.1. The molecule has 0 fully saturated rings. The maximum Gasteiger partial charge on any atom is 0.244 e. The summed E-state index contributed by atoms with van der Waals surface area (Å²) in [7, 11) is 0. The van der Waals surface area contributed by atoms with Crippen molar-refractivity contribution in [2.75, 3.05) is 10.6 Å². The summed E-state index contributed by atoms with van der Waals surface area (Å²) in [4.78, 5) is 4.43. The molecule has 2 aromatic carbocycles. The van der Waals surface area contributed by atoms with Crippen LogP contribution in [0.2, 0.25) is 0 Å². The van der Waals surface area contributed by atoms with Gasteiger partial charge in [-0.3, -0.25) is 0 Å². The molecule has 0 atom stereocenters. The fraction of sp³-hybridized carbons (Fsp3) is 0.167. The summed E-state index contributed by atoms with van der Waals surface area (Å²) in [5.41, 5.74) is 3.62. The molecule has 1 heterocycles. The molecule has 0 radical (unpaired) electrons. The van der Waals surface area contributed by atoms with E-state index in [0.717, 1.165) is 0 Å². The smallest absolute Gasteiger partial charge is 0.244 e. The standard InChI is InChI=1S/C18H19N5/c1-14-6-5-9-16(10-14)12-20-18-22-17(13-21-23-18)19-11-15-7-3-2-4-8-15/h2-10,13H,11-12H2,1H3,(H2,19,20,22,23). The molecule has 1 aromatic heterocycles. The maximum absolute atomic E-state index is 4.43. The third kappa shape index (κ3) is 4.51. The van der Waals surface area contributed by atoms with E-state index < -0.39 is 0 Å². The Balaban J connectivity index is 1.59. The average Bonchev–Trinajstić information content (AvgIpc) is 2.60. The topological polar surface area (TPSA) is 62.7 Å². The van der Waals surface area contributed by atoms with Gasteiger partial charge in [-0.25, -0.2) is 0 Å². The molecule has 2 N–H and O–H groups in total. The van der Waals surface area contributed by atoms with Gasteiger partial charge in [0.05, 0.1) is 6.20 Å². The Morgan fingerprint density at radius 2 is 1.65 bits per heavy atom. The van der Waals surface area contributed by atoms with Crippen molar-refractivity contribution in [1.82, 2.24) is 15.2 Å². The van der Waals surface area contributed by atoms with E-state index >= 15 is 0 Å². The maximum atomic E-state index is 4.43. The summed E-state index contributed by atoms with van der Waals surface area (Å²) >= 11 is 0. The lowest BCUT2D eigenvalue weighted by Gasteiger charge is -2.08. The SMILES string of the molecule is Cc1cccc(CNc2nncc(NCc3ccccc3)n2)c1. The first-order chi connectivity index (χ1) is 11.3. The number of hydrogen-bond donors (Lipinski definition) is 2. The summed E-state index contributed by atoms with van der Waals surface area (Å²) in [6, 6.07) is 18.5. The number of rotatable bonds is 6. The van der Waals surface area contributed by atoms with E-state index in [1.54, 1.807) is 6.20 Å². The predicted molar refractivity (Wildman–Crippen MR) is 92.1 cm³/mol. The summed E-state index contributed by atoms with van der Waals surface area (Å²) in [5, 5.41) is 14.5. The summed E-state index contributed by atoms with van der Waals surface area (Å²) < 4.78 is 0. The zero-order valence-corrected chi connectivity index (χ0v) is 13.0. The first kappa shape index (κ1) is 15.0. The molecule has 3 aromatic rings. The van der Waals surface area contributed by atoms with Gasteiger partial charge in [-0.1, -0.05) is 60.2 Å². The van der Waals surface area contributed by atoms with E-state index in [-0.39, 0.29) is 0 Å². The third-order valence-corrected chi connectivity index (χ3v) is 3.41. The van der Waals surface area contributed by atoms with Crippen LogP contribution in [0.5, 0.6) is 0 Å². The molecule has 0 aliphatic heterocycles. The van der Waals surface area contributed by atoms with Gasteiger partial charge < -0.3 is 10.6 Å². The van der Waals surface area contributed by atoms with Gasteiger partial charge >= 0.3 is 0 Å². The Hall–Kier alpha value is -2.95. The second-order valence-corrected chi connectivity index (χ2v) is 5.35. The van der Waals surface area contributed by atoms with Crippen molar-refractivity contribution in [2.45, 2.75) is 20.0 Å². The fourth-order valence-electron chi connectivity index (χ4n) is 2.26. The first-order valence-corrected chi connectivity index (χ1v) is 7.56. The second kappa shape index (κ2) is 7.35. The van der Waals surface area contributed by atoms with Crippen LogP contribution in [0.25, 0.3) is 0 Å². The van der Waals surface area contributed by atoms with Crippen LogP contribution in [0.4, 0.5) is 11.8 Å². The predicted octanol–water partition coefficient (Wildman–Crippen LogP) is 3.40. The van der Waals surface area contributed by atoms with Crippen molar-refractivity contribution in [3.05, 3.63) is 77.5 Å². The van der Waals surface area contributed by atoms with Crippen molar-refractivity contribution in [1.29, 1.82) is 0 Å². The summed E-state index contributed by atoms with van der Waals surface area (Å²) in [5.74, 6) is 1.22. The average molecular weight is 305 g/mol. The highest BCUT2D eigenvalue weighted by Crippen LogP contribution is 2.09. The second-order valence-electron chi connectivity index (χ2n) is 5.35. The number of anilines is 2. The zero-order valence-electron chi connectivity index (χ0n) is 13.0. The molecule has 0 saturated carbocycles. The Morgan fingerprint density at radius 1 is 0.870 bits per heavy atom. The highest BCUT2D eigenvalue weighted by atomic mass is 15.3. The molecule has 5 nitrogen and oxygen atoms in total. The Morgan fingerprint density at radius 3 is 2.48 bits per heavy atom. The molecule has 23 heavy (non-hydrogen) atoms. The minimum absolute atomic E-state index is 0.518. The van der Waals surface area contributed by atoms with Gasteiger partial charge in [0.15, 0.2) is 5.82 Å². The lowest BCUT2D eigenvalue weighted by molar-refractivity contribution is 0.937. The van der Waals surface area contributed by atoms with Crippen molar-refractivity contribution in [3.63, 3.8) is 0 Å². The van der Waals surface area contributed by atoms with E-state index in [1.807, 2.05) is 24.3 Å². The van der Waals surface area contributed by atoms with Gasteiger partial charge in [0.1, 0.15) is 0 Å². The highest BCUT2D eigenvalue weighted by molar-refractivity contribution is 5.38. The van der Waals surface area contributed by atoms with Crippen LogP contribution in [0.3, 0.4) is 0 Å². The van der Waals surface area contributed by atoms with Gasteiger partial charge in [-0.2, -0.15) is 10.1 Å². The molecule has 0 amide bonds. The van der Waals surface area contributed by atoms with Crippen molar-refractivity contribution < 1.29 is 0 Å². The minimum atomic E-state index is 0.518. The van der Waals surface area contributed by atoms with E-state index in [1.165, 1.54) is 16.7 Å². The van der Waals surface area contributed by atoms with Crippen molar-refractivity contribution in [3.8, 4) is 0 Å². The van der Waals surface area contributed by atoms with Crippen LogP contribution >= 0.6 is 0 Å². The molecule has 3 rings (SSSR count). The minimum Gasteiger partial charge on any atom is -0.365 e. The van der Waals surface area contributed by atoms with E-state index in [0.29, 0.717) is 24.9 Å². The van der Waals surface area contributed by atoms with Crippen LogP contribution < -0.4 is 10.6 Å². The molecule has 0 spiro atoms. The number of aryl methyl sites for hydroxylation is 1. The van der Waals surface area contributed by atoms with Gasteiger partial charge in [-0.05, 0) is 18.1 Å². The van der Waals surface area contributed by atoms with E-state index in [4.69, 9.17) is 0 Å². The highest BCUT2D eigenvalue weighted by Gasteiger charge is 2.01. The number of nitrogens with zero attached hydrogens (tertiary/aromatic N) is 3. The number of aromatic nitrogens is 3. The van der Waals surface area contributed by atoms with E-state index in [9.17, 15) is 0 Å². The molecule has 5 heteroatoms. The van der Waals surface area contributed by atoms with Crippen LogP contribution in [0.1, 0.15) is 16.7 Å².